The fraction of sp³-hybridized carbons (Fsp3) is 0.500. The number of ketones is 1. The molecule has 0 aliphatic heterocycles. The van der Waals surface area contributed by atoms with E-state index in [9.17, 15) is 9.59 Å². The van der Waals surface area contributed by atoms with Crippen LogP contribution in [0.3, 0.4) is 0 Å². The van der Waals surface area contributed by atoms with Gasteiger partial charge in [0.1, 0.15) is 12.0 Å². The van der Waals surface area contributed by atoms with Crippen LogP contribution in [0.25, 0.3) is 0 Å². The Bertz CT molecular complexity index is 205. The van der Waals surface area contributed by atoms with Crippen LogP contribution < -0.4 is 0 Å². The van der Waals surface area contributed by atoms with E-state index in [4.69, 9.17) is 15.5 Å². The predicted octanol–water partition coefficient (Wildman–Crippen LogP) is -0.838. The summed E-state index contributed by atoms with van der Waals surface area (Å²) in [7, 11) is 0. The Morgan fingerprint density at radius 3 is 2.36 bits per heavy atom. The quantitative estimate of drug-likeness (QED) is 0.409. The topological polar surface area (TPSA) is 98.4 Å². The normalized spacial score (nSPS) is 11.6. The molecule has 0 spiro atoms. The number of nitrogens with zero attached hydrogens (tertiary/aromatic N) is 1. The van der Waals surface area contributed by atoms with E-state index in [-0.39, 0.29) is 6.42 Å². The number of hydrogen-bond acceptors (Lipinski definition) is 4. The third-order valence-electron chi connectivity index (χ3n) is 1.14. The van der Waals surface area contributed by atoms with Gasteiger partial charge >= 0.3 is 5.97 Å². The van der Waals surface area contributed by atoms with Crippen LogP contribution >= 0.6 is 0 Å². The second-order valence-corrected chi connectivity index (χ2v) is 1.88. The van der Waals surface area contributed by atoms with Crippen LogP contribution in [-0.4, -0.2) is 28.6 Å². The van der Waals surface area contributed by atoms with E-state index < -0.39 is 24.3 Å². The maximum absolute atomic E-state index is 10.5. The number of aliphatic hydroxyl groups is 1. The van der Waals surface area contributed by atoms with Crippen molar-refractivity contribution >= 4 is 11.8 Å². The molecule has 5 heteroatoms. The summed E-state index contributed by atoms with van der Waals surface area (Å²) in [6.45, 7) is -0.412. The molecule has 0 amide bonds. The van der Waals surface area contributed by atoms with E-state index >= 15 is 0 Å². The molecule has 0 saturated carbocycles. The number of carboxylic acid groups (broad SMARTS) is 1. The molecular weight excluding hydrogens is 150 g/mol. The smallest absolute Gasteiger partial charge is 0.315 e. The van der Waals surface area contributed by atoms with E-state index in [1.807, 2.05) is 0 Å². The largest absolute Gasteiger partial charge is 0.481 e. The van der Waals surface area contributed by atoms with Gasteiger partial charge in [-0.3, -0.25) is 9.59 Å². The lowest BCUT2D eigenvalue weighted by atomic mass is 10.0. The first kappa shape index (κ1) is 9.59. The minimum Gasteiger partial charge on any atom is -0.481 e. The summed E-state index contributed by atoms with van der Waals surface area (Å²) < 4.78 is 0. The Labute approximate surface area is 62.9 Å². The van der Waals surface area contributed by atoms with Gasteiger partial charge in [0.25, 0.3) is 0 Å². The van der Waals surface area contributed by atoms with Crippen molar-refractivity contribution in [3.63, 3.8) is 0 Å². The Morgan fingerprint density at radius 1 is 1.55 bits per heavy atom. The number of carboxylic acids is 1. The molecule has 0 saturated heterocycles. The van der Waals surface area contributed by atoms with E-state index in [1.165, 1.54) is 6.07 Å². The highest BCUT2D eigenvalue weighted by Crippen LogP contribution is 2.03. The highest BCUT2D eigenvalue weighted by atomic mass is 16.4. The zero-order chi connectivity index (χ0) is 8.85. The minimum atomic E-state index is -1.38. The first-order valence-electron chi connectivity index (χ1n) is 2.91. The van der Waals surface area contributed by atoms with Gasteiger partial charge < -0.3 is 10.2 Å². The van der Waals surface area contributed by atoms with Crippen molar-refractivity contribution in [2.45, 2.75) is 6.42 Å². The molecule has 0 rings (SSSR count). The number of aliphatic hydroxyl groups excluding tert-OH is 1. The molecule has 0 bridgehead atoms. The van der Waals surface area contributed by atoms with Gasteiger partial charge in [-0.05, 0) is 6.42 Å². The Kier molecular flexibility index (Phi) is 3.85. The van der Waals surface area contributed by atoms with Crippen LogP contribution in [0.5, 0.6) is 0 Å². The molecule has 0 aromatic carbocycles. The van der Waals surface area contributed by atoms with Crippen LogP contribution in [0.15, 0.2) is 0 Å². The lowest BCUT2D eigenvalue weighted by Gasteiger charge is -2.02. The number of carbonyl (C=O) groups excluding carboxylic acids is 1. The van der Waals surface area contributed by atoms with Gasteiger partial charge in [-0.2, -0.15) is 5.26 Å². The Hall–Kier alpha value is -1.41. The number of carbonyl (C=O) groups is 2. The van der Waals surface area contributed by atoms with Gasteiger partial charge in [0.15, 0.2) is 0 Å². The van der Waals surface area contributed by atoms with Crippen molar-refractivity contribution in [2.24, 2.45) is 5.92 Å². The molecule has 1 unspecified atom stereocenters. The molecular formula is C6H7NO4. The first-order valence-corrected chi connectivity index (χ1v) is 2.91. The van der Waals surface area contributed by atoms with Crippen molar-refractivity contribution < 1.29 is 19.8 Å². The number of nitriles is 1. The van der Waals surface area contributed by atoms with E-state index in [0.717, 1.165) is 0 Å². The highest BCUT2D eigenvalue weighted by molar-refractivity contribution is 6.06. The molecule has 0 aromatic rings. The summed E-state index contributed by atoms with van der Waals surface area (Å²) in [6, 6.07) is 1.20. The second-order valence-electron chi connectivity index (χ2n) is 1.88. The molecule has 0 aliphatic rings. The van der Waals surface area contributed by atoms with Crippen LogP contribution in [0.2, 0.25) is 0 Å². The Morgan fingerprint density at radius 2 is 2.09 bits per heavy atom. The summed E-state index contributed by atoms with van der Waals surface area (Å²) >= 11 is 0. The summed E-state index contributed by atoms with van der Waals surface area (Å²) in [5.41, 5.74) is 0. The fourth-order valence-corrected chi connectivity index (χ4v) is 0.574. The van der Waals surface area contributed by atoms with E-state index in [2.05, 4.69) is 0 Å². The summed E-state index contributed by atoms with van der Waals surface area (Å²) in [5.74, 6) is -3.78. The highest BCUT2D eigenvalue weighted by Gasteiger charge is 2.24. The van der Waals surface area contributed by atoms with Gasteiger partial charge in [-0.1, -0.05) is 0 Å². The molecule has 0 heterocycles. The molecule has 0 fully saturated rings. The van der Waals surface area contributed by atoms with E-state index in [0.29, 0.717) is 0 Å². The average Bonchev–Trinajstić information content (AvgIpc) is 1.98. The van der Waals surface area contributed by atoms with Crippen molar-refractivity contribution in [3.8, 4) is 6.07 Å². The number of Topliss-reactive ketones (excluding diaryl/α,β-unsaturated/α-hetero) is 1. The average molecular weight is 157 g/mol. The maximum atomic E-state index is 10.5. The summed E-state index contributed by atoms with van der Waals surface area (Å²) in [4.78, 5) is 20.7. The Balaban J connectivity index is 4.24. The van der Waals surface area contributed by atoms with Gasteiger partial charge in [0, 0.05) is 6.61 Å². The molecule has 0 aliphatic carbocycles. The molecule has 5 nitrogen and oxygen atoms in total. The van der Waals surface area contributed by atoms with Gasteiger partial charge in [0.2, 0.25) is 5.78 Å². The van der Waals surface area contributed by atoms with Crippen LogP contribution in [0, 0.1) is 17.2 Å². The fourth-order valence-electron chi connectivity index (χ4n) is 0.574. The predicted molar refractivity (Wildman–Crippen MR) is 33.4 cm³/mol. The minimum absolute atomic E-state index is 0.207. The van der Waals surface area contributed by atoms with Gasteiger partial charge in [-0.25, -0.2) is 0 Å². The zero-order valence-corrected chi connectivity index (χ0v) is 5.65. The van der Waals surface area contributed by atoms with Gasteiger partial charge in [0.05, 0.1) is 0 Å². The molecule has 0 aromatic heterocycles. The third kappa shape index (κ3) is 2.78. The number of rotatable bonds is 4. The summed E-state index contributed by atoms with van der Waals surface area (Å²) in [6.07, 6.45) is -0.207. The van der Waals surface area contributed by atoms with Crippen molar-refractivity contribution in [1.29, 1.82) is 5.26 Å². The first-order chi connectivity index (χ1) is 5.13. The monoisotopic (exact) mass is 157 g/mol. The zero-order valence-electron chi connectivity index (χ0n) is 5.65. The maximum Gasteiger partial charge on any atom is 0.315 e. The van der Waals surface area contributed by atoms with E-state index in [1.54, 1.807) is 0 Å². The second kappa shape index (κ2) is 4.41. The molecule has 2 N–H and O–H groups in total. The molecule has 1 atom stereocenters. The van der Waals surface area contributed by atoms with Gasteiger partial charge in [-0.15, -0.1) is 0 Å². The standard InChI is InChI=1S/C6H7NO4/c7-3-5(9)4(1-2-8)6(10)11/h4,8H,1-2H2,(H,10,11). The molecule has 0 radical (unpaired) electrons. The lowest BCUT2D eigenvalue weighted by molar-refractivity contribution is -0.145. The van der Waals surface area contributed by atoms with Crippen molar-refractivity contribution in [3.05, 3.63) is 0 Å². The van der Waals surface area contributed by atoms with Crippen LogP contribution in [-0.2, 0) is 9.59 Å². The molecule has 60 valence electrons. The van der Waals surface area contributed by atoms with Crippen molar-refractivity contribution in [1.82, 2.24) is 0 Å². The van der Waals surface area contributed by atoms with Crippen molar-refractivity contribution in [2.75, 3.05) is 6.61 Å². The lowest BCUT2D eigenvalue weighted by Crippen LogP contribution is -2.23. The van der Waals surface area contributed by atoms with Crippen LogP contribution in [0.1, 0.15) is 6.42 Å². The number of aliphatic carboxylic acids is 1. The SMILES string of the molecule is N#CC(=O)C(CCO)C(=O)O. The van der Waals surface area contributed by atoms with Crippen LogP contribution in [0.4, 0.5) is 0 Å². The molecule has 11 heavy (non-hydrogen) atoms. The summed E-state index contributed by atoms with van der Waals surface area (Å²) in [5, 5.41) is 24.7. The number of hydrogen-bond donors (Lipinski definition) is 2. The third-order valence-corrected chi connectivity index (χ3v) is 1.14.